The Morgan fingerprint density at radius 1 is 1.23 bits per heavy atom. The number of carbonyl (C=O) groups excluding carboxylic acids is 1. The molecule has 2 aromatic rings. The lowest BCUT2D eigenvalue weighted by Crippen LogP contribution is -2.52. The molecule has 2 rings (SSSR count). The first-order chi connectivity index (χ1) is 16.5. The van der Waals surface area contributed by atoms with Crippen molar-refractivity contribution >= 4 is 29.5 Å². The highest BCUT2D eigenvalue weighted by Gasteiger charge is 2.32. The van der Waals surface area contributed by atoms with Gasteiger partial charge in [-0.2, -0.15) is 0 Å². The second kappa shape index (κ2) is 13.1. The molecule has 35 heavy (non-hydrogen) atoms. The van der Waals surface area contributed by atoms with Crippen LogP contribution in [0.2, 0.25) is 5.02 Å². The molecule has 9 heteroatoms. The maximum atomic E-state index is 12.4. The predicted octanol–water partition coefficient (Wildman–Crippen LogP) is 5.94. The van der Waals surface area contributed by atoms with E-state index in [1.54, 1.807) is 45.0 Å². The van der Waals surface area contributed by atoms with Crippen molar-refractivity contribution in [2.75, 3.05) is 20.5 Å². The fraction of sp³-hybridized carbons (Fsp3) is 0.423. The number of amides is 1. The van der Waals surface area contributed by atoms with Crippen LogP contribution in [0.5, 0.6) is 11.5 Å². The molecule has 0 saturated heterocycles. The van der Waals surface area contributed by atoms with Gasteiger partial charge in [0.15, 0.2) is 6.79 Å². The quantitative estimate of drug-likeness (QED) is 0.234. The molecule has 1 unspecified atom stereocenters. The van der Waals surface area contributed by atoms with Gasteiger partial charge in [0.25, 0.3) is 0 Å². The molecule has 0 radical (unpaired) electrons. The van der Waals surface area contributed by atoms with Gasteiger partial charge in [-0.15, -0.1) is 6.58 Å². The van der Waals surface area contributed by atoms with E-state index in [2.05, 4.69) is 11.9 Å². The van der Waals surface area contributed by atoms with Crippen LogP contribution in [0, 0.1) is 0 Å². The van der Waals surface area contributed by atoms with Crippen LogP contribution in [0.1, 0.15) is 39.2 Å². The number of halogens is 1. The Hall–Kier alpha value is -2.39. The number of aryl methyl sites for hydroxylation is 1. The summed E-state index contributed by atoms with van der Waals surface area (Å²) in [6.07, 6.45) is 2.39. The Balaban J connectivity index is 2.15. The monoisotopic (exact) mass is 523 g/mol. The standard InChI is InChI=1S/C26H34ClNO6S/c1-6-12-26(16-29,28-24(31)34-25(2,3)4)13-11-18-7-9-20(15-21(18)27)35-23-14-19(30)8-10-22(23)33-17-32-5/h6-10,14-15,29-30H,1,11-13,16-17H2,2-5H3,(H,28,31). The highest BCUT2D eigenvalue weighted by atomic mass is 35.5. The largest absolute Gasteiger partial charge is 0.508 e. The minimum atomic E-state index is -0.921. The van der Waals surface area contributed by atoms with Gasteiger partial charge in [0.05, 0.1) is 17.0 Å². The molecule has 192 valence electrons. The summed E-state index contributed by atoms with van der Waals surface area (Å²) in [5.41, 5.74) is -0.702. The summed E-state index contributed by atoms with van der Waals surface area (Å²) in [6, 6.07) is 10.5. The summed E-state index contributed by atoms with van der Waals surface area (Å²) >= 11 is 7.98. The Bertz CT molecular complexity index is 1010. The molecule has 1 atom stereocenters. The number of hydrogen-bond acceptors (Lipinski definition) is 7. The molecule has 0 aromatic heterocycles. The van der Waals surface area contributed by atoms with Crippen molar-refractivity contribution in [2.45, 2.75) is 61.0 Å². The number of carbonyl (C=O) groups is 1. The van der Waals surface area contributed by atoms with Crippen molar-refractivity contribution < 1.29 is 29.2 Å². The molecular formula is C26H34ClNO6S. The van der Waals surface area contributed by atoms with Crippen molar-refractivity contribution in [1.82, 2.24) is 5.32 Å². The zero-order valence-corrected chi connectivity index (χ0v) is 22.2. The van der Waals surface area contributed by atoms with Gasteiger partial charge in [0, 0.05) is 17.0 Å². The molecule has 0 aliphatic rings. The topological polar surface area (TPSA) is 97.3 Å². The molecule has 0 aliphatic heterocycles. The molecular weight excluding hydrogens is 490 g/mol. The highest BCUT2D eigenvalue weighted by molar-refractivity contribution is 7.99. The van der Waals surface area contributed by atoms with E-state index in [4.69, 9.17) is 25.8 Å². The van der Waals surface area contributed by atoms with Crippen molar-refractivity contribution in [3.8, 4) is 11.5 Å². The van der Waals surface area contributed by atoms with Gasteiger partial charge in [-0.05, 0) is 75.9 Å². The van der Waals surface area contributed by atoms with Gasteiger partial charge in [0.1, 0.15) is 17.1 Å². The van der Waals surface area contributed by atoms with E-state index < -0.39 is 17.2 Å². The summed E-state index contributed by atoms with van der Waals surface area (Å²) in [6.45, 7) is 8.92. The number of phenols is 1. The van der Waals surface area contributed by atoms with E-state index in [0.29, 0.717) is 30.0 Å². The Morgan fingerprint density at radius 3 is 2.57 bits per heavy atom. The summed E-state index contributed by atoms with van der Waals surface area (Å²) in [5.74, 6) is 0.709. The molecule has 0 aliphatic carbocycles. The van der Waals surface area contributed by atoms with Crippen LogP contribution in [-0.4, -0.2) is 48.0 Å². The Morgan fingerprint density at radius 2 is 1.97 bits per heavy atom. The second-order valence-corrected chi connectivity index (χ2v) is 10.6. The second-order valence-electron chi connectivity index (χ2n) is 9.10. The molecule has 2 aromatic carbocycles. The molecule has 0 saturated carbocycles. The molecule has 1 amide bonds. The van der Waals surface area contributed by atoms with Gasteiger partial charge in [-0.25, -0.2) is 4.79 Å². The fourth-order valence-electron chi connectivity index (χ4n) is 3.31. The van der Waals surface area contributed by atoms with Crippen LogP contribution in [0.25, 0.3) is 0 Å². The highest BCUT2D eigenvalue weighted by Crippen LogP contribution is 2.39. The number of aromatic hydroxyl groups is 1. The third-order valence-electron chi connectivity index (χ3n) is 4.99. The minimum absolute atomic E-state index is 0.0900. The lowest BCUT2D eigenvalue weighted by atomic mass is 9.88. The number of hydrogen-bond donors (Lipinski definition) is 3. The number of aliphatic hydroxyl groups excluding tert-OH is 1. The first-order valence-electron chi connectivity index (χ1n) is 11.1. The summed E-state index contributed by atoms with van der Waals surface area (Å²) in [7, 11) is 1.54. The number of ether oxygens (including phenoxy) is 3. The van der Waals surface area contributed by atoms with Gasteiger partial charge in [-0.1, -0.05) is 35.5 Å². The summed E-state index contributed by atoms with van der Waals surface area (Å²) < 4.78 is 15.9. The Labute approximate surface area is 216 Å². The number of aliphatic hydroxyl groups is 1. The average molecular weight is 524 g/mol. The normalized spacial score (nSPS) is 13.1. The lowest BCUT2D eigenvalue weighted by molar-refractivity contribution is 0.0389. The smallest absolute Gasteiger partial charge is 0.408 e. The van der Waals surface area contributed by atoms with E-state index >= 15 is 0 Å². The van der Waals surface area contributed by atoms with Crippen LogP contribution in [0.4, 0.5) is 4.79 Å². The first-order valence-corrected chi connectivity index (χ1v) is 12.3. The number of alkyl carbamates (subject to hydrolysis) is 1. The van der Waals surface area contributed by atoms with Crippen molar-refractivity contribution in [3.63, 3.8) is 0 Å². The zero-order valence-electron chi connectivity index (χ0n) is 20.6. The predicted molar refractivity (Wildman–Crippen MR) is 139 cm³/mol. The summed E-state index contributed by atoms with van der Waals surface area (Å²) in [5, 5.41) is 23.4. The van der Waals surface area contributed by atoms with E-state index in [-0.39, 0.29) is 19.1 Å². The van der Waals surface area contributed by atoms with Gasteiger partial charge in [-0.3, -0.25) is 0 Å². The third-order valence-corrected chi connectivity index (χ3v) is 6.37. The van der Waals surface area contributed by atoms with Crippen LogP contribution >= 0.6 is 23.4 Å². The van der Waals surface area contributed by atoms with Gasteiger partial charge < -0.3 is 29.7 Å². The van der Waals surface area contributed by atoms with E-state index in [9.17, 15) is 15.0 Å². The van der Waals surface area contributed by atoms with Gasteiger partial charge in [0.2, 0.25) is 0 Å². The summed E-state index contributed by atoms with van der Waals surface area (Å²) in [4.78, 5) is 14.0. The van der Waals surface area contributed by atoms with E-state index in [1.165, 1.54) is 18.9 Å². The van der Waals surface area contributed by atoms with Crippen LogP contribution in [0.15, 0.2) is 58.8 Å². The maximum Gasteiger partial charge on any atom is 0.408 e. The fourth-order valence-corrected chi connectivity index (χ4v) is 4.62. The molecule has 0 fully saturated rings. The minimum Gasteiger partial charge on any atom is -0.508 e. The van der Waals surface area contributed by atoms with Crippen molar-refractivity contribution in [3.05, 3.63) is 59.6 Å². The zero-order chi connectivity index (χ0) is 26.1. The number of benzene rings is 2. The SMILES string of the molecule is C=CCC(CO)(CCc1ccc(Sc2cc(O)ccc2OCOC)cc1Cl)NC(=O)OC(C)(C)C. The molecule has 0 bridgehead atoms. The van der Waals surface area contributed by atoms with Crippen LogP contribution in [0.3, 0.4) is 0 Å². The van der Waals surface area contributed by atoms with Gasteiger partial charge >= 0.3 is 6.09 Å². The number of nitrogens with one attached hydrogen (secondary N) is 1. The maximum absolute atomic E-state index is 12.4. The lowest BCUT2D eigenvalue weighted by Gasteiger charge is -2.33. The van der Waals surface area contributed by atoms with Crippen molar-refractivity contribution in [1.29, 1.82) is 0 Å². The third kappa shape index (κ3) is 9.29. The molecule has 7 nitrogen and oxygen atoms in total. The first kappa shape index (κ1) is 28.8. The average Bonchev–Trinajstić information content (AvgIpc) is 2.76. The van der Waals surface area contributed by atoms with E-state index in [0.717, 1.165) is 15.4 Å². The van der Waals surface area contributed by atoms with Crippen molar-refractivity contribution in [2.24, 2.45) is 0 Å². The van der Waals surface area contributed by atoms with Crippen LogP contribution < -0.4 is 10.1 Å². The number of methoxy groups -OCH3 is 1. The van der Waals surface area contributed by atoms with E-state index in [1.807, 2.05) is 18.2 Å². The molecule has 0 heterocycles. The molecule has 3 N–H and O–H groups in total. The number of rotatable bonds is 12. The molecule has 0 spiro atoms. The van der Waals surface area contributed by atoms with Crippen LogP contribution in [-0.2, 0) is 15.9 Å². The Kier molecular flexibility index (Phi) is 10.8. The number of phenolic OH excluding ortho intramolecular Hbond substituents is 1.